The smallest absolute Gasteiger partial charge is 0.282 e. The van der Waals surface area contributed by atoms with Crippen molar-refractivity contribution in [1.29, 1.82) is 0 Å². The van der Waals surface area contributed by atoms with Crippen LogP contribution in [0.25, 0.3) is 28.1 Å². The summed E-state index contributed by atoms with van der Waals surface area (Å²) < 4.78 is 6.63. The maximum Gasteiger partial charge on any atom is 0.282 e. The summed E-state index contributed by atoms with van der Waals surface area (Å²) in [6.45, 7) is 1.96. The van der Waals surface area contributed by atoms with Gasteiger partial charge in [0, 0.05) is 22.5 Å². The molecule has 138 valence electrons. The van der Waals surface area contributed by atoms with Crippen molar-refractivity contribution in [1.82, 2.24) is 14.8 Å². The van der Waals surface area contributed by atoms with E-state index in [1.165, 1.54) is 4.68 Å². The van der Waals surface area contributed by atoms with E-state index < -0.39 is 0 Å². The van der Waals surface area contributed by atoms with E-state index in [9.17, 15) is 4.79 Å². The van der Waals surface area contributed by atoms with Gasteiger partial charge in [0.25, 0.3) is 5.56 Å². The minimum atomic E-state index is -0.173. The Hall–Kier alpha value is -2.76. The third kappa shape index (κ3) is 3.31. The number of hydrogen-bond acceptors (Lipinski definition) is 3. The third-order valence-corrected chi connectivity index (χ3v) is 4.62. The molecule has 0 aliphatic carbocycles. The van der Waals surface area contributed by atoms with E-state index in [0.29, 0.717) is 22.0 Å². The standard InChI is InChI=1S/C20H16ClN3O2.ClH/c1-12-18(13-3-9-16(26-2)10-4-13)19-17(11-22-12)20(25)24(23-19)15-7-5-14(21)6-8-15;/h3-11,22H,1-2H3;1H. The molecule has 4 rings (SSSR count). The highest BCUT2D eigenvalue weighted by molar-refractivity contribution is 6.30. The Bertz CT molecular complexity index is 1100. The molecular weight excluding hydrogens is 385 g/mol. The number of nitrogens with zero attached hydrogens (tertiary/aromatic N) is 2. The van der Waals surface area contributed by atoms with Crippen molar-refractivity contribution in [2.75, 3.05) is 7.11 Å². The summed E-state index contributed by atoms with van der Waals surface area (Å²) in [7, 11) is 1.63. The minimum absolute atomic E-state index is 0. The number of pyridine rings is 1. The number of fused-ring (bicyclic) bond motifs is 1. The molecule has 0 unspecified atom stereocenters. The Morgan fingerprint density at radius 1 is 1.07 bits per heavy atom. The van der Waals surface area contributed by atoms with Crippen LogP contribution in [0.15, 0.2) is 59.5 Å². The zero-order valence-electron chi connectivity index (χ0n) is 14.7. The first-order valence-electron chi connectivity index (χ1n) is 8.10. The fraction of sp³-hybridized carbons (Fsp3) is 0.100. The van der Waals surface area contributed by atoms with Crippen LogP contribution in [0.4, 0.5) is 0 Å². The molecule has 0 fully saturated rings. The quantitative estimate of drug-likeness (QED) is 0.539. The Morgan fingerprint density at radius 3 is 2.37 bits per heavy atom. The van der Waals surface area contributed by atoms with Crippen molar-refractivity contribution in [3.05, 3.63) is 75.8 Å². The number of benzene rings is 2. The Balaban J connectivity index is 0.00000210. The first-order valence-corrected chi connectivity index (χ1v) is 8.47. The molecule has 7 heteroatoms. The molecule has 2 aliphatic heterocycles. The van der Waals surface area contributed by atoms with E-state index in [0.717, 1.165) is 22.6 Å². The van der Waals surface area contributed by atoms with E-state index >= 15 is 0 Å². The first kappa shape index (κ1) is 19.0. The zero-order valence-corrected chi connectivity index (χ0v) is 16.3. The van der Waals surface area contributed by atoms with Crippen molar-refractivity contribution >= 4 is 24.0 Å². The molecule has 0 saturated heterocycles. The second-order valence-electron chi connectivity index (χ2n) is 5.97. The van der Waals surface area contributed by atoms with E-state index in [1.807, 2.05) is 31.2 Å². The number of ether oxygens (including phenoxy) is 1. The lowest BCUT2D eigenvalue weighted by atomic mass is 9.99. The van der Waals surface area contributed by atoms with Crippen molar-refractivity contribution < 1.29 is 4.74 Å². The van der Waals surface area contributed by atoms with Gasteiger partial charge < -0.3 is 9.72 Å². The maximum atomic E-state index is 12.8. The number of rotatable bonds is 3. The predicted octanol–water partition coefficient (Wildman–Crippen LogP) is 4.72. The average Bonchev–Trinajstić information content (AvgIpc) is 2.99. The van der Waals surface area contributed by atoms with Gasteiger partial charge in [0.15, 0.2) is 0 Å². The van der Waals surface area contributed by atoms with Crippen LogP contribution in [0.2, 0.25) is 5.02 Å². The molecule has 0 saturated carbocycles. The van der Waals surface area contributed by atoms with Crippen LogP contribution in [0, 0.1) is 6.92 Å². The van der Waals surface area contributed by atoms with Crippen LogP contribution in [0.1, 0.15) is 5.69 Å². The largest absolute Gasteiger partial charge is 0.497 e. The van der Waals surface area contributed by atoms with Crippen molar-refractivity contribution in [3.63, 3.8) is 0 Å². The fourth-order valence-electron chi connectivity index (χ4n) is 3.03. The van der Waals surface area contributed by atoms with Gasteiger partial charge in [-0.15, -0.1) is 12.4 Å². The Labute approximate surface area is 167 Å². The number of nitrogens with one attached hydrogen (secondary N) is 1. The third-order valence-electron chi connectivity index (χ3n) is 4.37. The number of H-pyrrole nitrogens is 1. The number of methoxy groups -OCH3 is 1. The monoisotopic (exact) mass is 401 g/mol. The van der Waals surface area contributed by atoms with E-state index in [-0.39, 0.29) is 18.0 Å². The highest BCUT2D eigenvalue weighted by Gasteiger charge is 2.22. The molecule has 2 aromatic rings. The Morgan fingerprint density at radius 2 is 1.74 bits per heavy atom. The van der Waals surface area contributed by atoms with Gasteiger partial charge in [-0.2, -0.15) is 9.78 Å². The van der Waals surface area contributed by atoms with Gasteiger partial charge >= 0.3 is 0 Å². The second-order valence-corrected chi connectivity index (χ2v) is 6.41. The number of aromatic nitrogens is 3. The first-order chi connectivity index (χ1) is 12.6. The molecule has 0 atom stereocenters. The molecule has 1 N–H and O–H groups in total. The summed E-state index contributed by atoms with van der Waals surface area (Å²) in [6, 6.07) is 14.7. The van der Waals surface area contributed by atoms with Gasteiger partial charge in [-0.25, -0.2) is 0 Å². The van der Waals surface area contributed by atoms with Crippen LogP contribution in [-0.4, -0.2) is 21.9 Å². The molecule has 0 amide bonds. The molecule has 2 heterocycles. The molecule has 2 aliphatic rings. The average molecular weight is 402 g/mol. The number of halogens is 2. The second kappa shape index (κ2) is 7.47. The highest BCUT2D eigenvalue weighted by Crippen LogP contribution is 2.33. The van der Waals surface area contributed by atoms with Crippen LogP contribution < -0.4 is 10.3 Å². The number of aromatic amines is 1. The summed E-state index contributed by atoms with van der Waals surface area (Å²) in [5, 5.41) is 5.21. The van der Waals surface area contributed by atoms with E-state index in [2.05, 4.69) is 10.1 Å². The summed E-state index contributed by atoms with van der Waals surface area (Å²) in [5.74, 6) is 0.777. The van der Waals surface area contributed by atoms with Crippen molar-refractivity contribution in [2.45, 2.75) is 6.92 Å². The molecule has 27 heavy (non-hydrogen) atoms. The van der Waals surface area contributed by atoms with Gasteiger partial charge in [0.2, 0.25) is 0 Å². The highest BCUT2D eigenvalue weighted by atomic mass is 35.5. The van der Waals surface area contributed by atoms with Crippen LogP contribution >= 0.6 is 24.0 Å². The minimum Gasteiger partial charge on any atom is -0.497 e. The predicted molar refractivity (Wildman–Crippen MR) is 110 cm³/mol. The molecular formula is C20H17Cl2N3O2. The summed E-state index contributed by atoms with van der Waals surface area (Å²) >= 11 is 5.95. The Kier molecular flexibility index (Phi) is 5.26. The van der Waals surface area contributed by atoms with Gasteiger partial charge in [-0.1, -0.05) is 23.7 Å². The molecule has 0 radical (unpaired) electrons. The van der Waals surface area contributed by atoms with Crippen LogP contribution in [0.5, 0.6) is 5.75 Å². The molecule has 0 bridgehead atoms. The lowest BCUT2D eigenvalue weighted by Crippen LogP contribution is -2.14. The lowest BCUT2D eigenvalue weighted by molar-refractivity contribution is 0.415. The van der Waals surface area contributed by atoms with Gasteiger partial charge in [-0.05, 0) is 48.9 Å². The topological polar surface area (TPSA) is 59.9 Å². The van der Waals surface area contributed by atoms with Crippen LogP contribution in [-0.2, 0) is 0 Å². The molecule has 0 aromatic heterocycles. The molecule has 5 nitrogen and oxygen atoms in total. The number of hydrogen-bond donors (Lipinski definition) is 1. The normalized spacial score (nSPS) is 10.6. The van der Waals surface area contributed by atoms with E-state index in [1.54, 1.807) is 37.6 Å². The molecule has 2 aromatic carbocycles. The van der Waals surface area contributed by atoms with Crippen LogP contribution in [0.3, 0.4) is 0 Å². The summed E-state index contributed by atoms with van der Waals surface area (Å²) in [6.07, 6.45) is 1.71. The zero-order chi connectivity index (χ0) is 18.3. The summed E-state index contributed by atoms with van der Waals surface area (Å²) in [5.41, 5.74) is 4.49. The lowest BCUT2D eigenvalue weighted by Gasteiger charge is -2.10. The fourth-order valence-corrected chi connectivity index (χ4v) is 3.15. The van der Waals surface area contributed by atoms with Crippen molar-refractivity contribution in [3.8, 4) is 33.8 Å². The van der Waals surface area contributed by atoms with Gasteiger partial charge in [0.1, 0.15) is 11.4 Å². The summed E-state index contributed by atoms with van der Waals surface area (Å²) in [4.78, 5) is 16.0. The van der Waals surface area contributed by atoms with Gasteiger partial charge in [0.05, 0.1) is 18.4 Å². The number of aryl methyl sites for hydroxylation is 1. The molecule has 0 spiro atoms. The maximum absolute atomic E-state index is 12.8. The van der Waals surface area contributed by atoms with Gasteiger partial charge in [-0.3, -0.25) is 4.79 Å². The SMILES string of the molecule is COc1ccc(-c2c3nn(-c4ccc(Cl)cc4)c(=O)c-3c[nH]c2C)cc1.Cl. The van der Waals surface area contributed by atoms with E-state index in [4.69, 9.17) is 16.3 Å². The van der Waals surface area contributed by atoms with Crippen molar-refractivity contribution in [2.24, 2.45) is 0 Å².